The molecule has 2 aromatic rings. The molecular formula is C19H20F2S. The van der Waals surface area contributed by atoms with Crippen molar-refractivity contribution in [2.45, 2.75) is 43.3 Å². The van der Waals surface area contributed by atoms with Crippen molar-refractivity contribution in [3.8, 4) is 0 Å². The number of fused-ring (bicyclic) bond motifs is 2. The van der Waals surface area contributed by atoms with Crippen molar-refractivity contribution in [2.75, 3.05) is 0 Å². The van der Waals surface area contributed by atoms with Gasteiger partial charge in [0.15, 0.2) is 11.6 Å². The van der Waals surface area contributed by atoms with Gasteiger partial charge in [-0.1, -0.05) is 51.0 Å². The molecule has 0 saturated carbocycles. The van der Waals surface area contributed by atoms with E-state index in [2.05, 4.69) is 26.0 Å². The highest BCUT2D eigenvalue weighted by Gasteiger charge is 2.30. The van der Waals surface area contributed by atoms with Gasteiger partial charge in [0.25, 0.3) is 0 Å². The third kappa shape index (κ3) is 2.67. The fraction of sp³-hybridized carbons (Fsp3) is 0.368. The van der Waals surface area contributed by atoms with Gasteiger partial charge in [0.05, 0.1) is 0 Å². The lowest BCUT2D eigenvalue weighted by Gasteiger charge is -2.26. The fourth-order valence-electron chi connectivity index (χ4n) is 3.47. The van der Waals surface area contributed by atoms with Crippen LogP contribution in [0, 0.1) is 17.6 Å². The molecule has 1 aliphatic rings. The molecule has 1 unspecified atom stereocenters. The molecule has 0 spiro atoms. The van der Waals surface area contributed by atoms with Crippen LogP contribution in [0.1, 0.15) is 49.3 Å². The Labute approximate surface area is 134 Å². The highest BCUT2D eigenvalue weighted by atomic mass is 32.2. The number of hydrogen-bond donors (Lipinski definition) is 0. The molecule has 2 aromatic carbocycles. The molecule has 0 bridgehead atoms. The predicted molar refractivity (Wildman–Crippen MR) is 88.3 cm³/mol. The van der Waals surface area contributed by atoms with Crippen LogP contribution in [-0.4, -0.2) is 0 Å². The third-order valence-corrected chi connectivity index (χ3v) is 5.62. The van der Waals surface area contributed by atoms with E-state index in [4.69, 9.17) is 0 Å². The number of benzene rings is 2. The summed E-state index contributed by atoms with van der Waals surface area (Å²) in [4.78, 5) is 1.19. The highest BCUT2D eigenvalue weighted by Crippen LogP contribution is 2.45. The average molecular weight is 318 g/mol. The molecule has 0 aromatic heterocycles. The Morgan fingerprint density at radius 1 is 1.14 bits per heavy atom. The van der Waals surface area contributed by atoms with E-state index in [0.717, 1.165) is 18.4 Å². The van der Waals surface area contributed by atoms with Crippen LogP contribution in [0.3, 0.4) is 0 Å². The molecule has 0 fully saturated rings. The molecule has 0 nitrogen and oxygen atoms in total. The van der Waals surface area contributed by atoms with Crippen LogP contribution in [0.5, 0.6) is 0 Å². The summed E-state index contributed by atoms with van der Waals surface area (Å²) in [5.41, 5.74) is 2.74. The van der Waals surface area contributed by atoms with Crippen molar-refractivity contribution in [1.29, 1.82) is 0 Å². The maximum Gasteiger partial charge on any atom is 0.163 e. The smallest absolute Gasteiger partial charge is 0.163 e. The molecule has 3 rings (SSSR count). The lowest BCUT2D eigenvalue weighted by atomic mass is 9.78. The summed E-state index contributed by atoms with van der Waals surface area (Å²) in [6, 6.07) is 11.3. The second-order valence-electron chi connectivity index (χ2n) is 6.00. The summed E-state index contributed by atoms with van der Waals surface area (Å²) in [5, 5.41) is 0. The Balaban J connectivity index is 2.19. The molecule has 0 N–H and O–H groups in total. The van der Waals surface area contributed by atoms with Crippen LogP contribution < -0.4 is 0 Å². The summed E-state index contributed by atoms with van der Waals surface area (Å²) in [7, 11) is 0. The highest BCUT2D eigenvalue weighted by molar-refractivity contribution is 7.98. The van der Waals surface area contributed by atoms with Crippen molar-refractivity contribution >= 4 is 11.8 Å². The lowest BCUT2D eigenvalue weighted by Crippen LogP contribution is -2.14. The number of halogens is 2. The van der Waals surface area contributed by atoms with Crippen molar-refractivity contribution in [3.05, 3.63) is 64.7 Å². The summed E-state index contributed by atoms with van der Waals surface area (Å²) >= 11 is 1.61. The van der Waals surface area contributed by atoms with Gasteiger partial charge < -0.3 is 0 Å². The molecule has 1 aliphatic heterocycles. The fourth-order valence-corrected chi connectivity index (χ4v) is 4.60. The van der Waals surface area contributed by atoms with E-state index in [1.54, 1.807) is 17.8 Å². The zero-order valence-electron chi connectivity index (χ0n) is 12.9. The van der Waals surface area contributed by atoms with Crippen LogP contribution in [-0.2, 0) is 5.75 Å². The number of thioether (sulfide) groups is 1. The first-order valence-electron chi connectivity index (χ1n) is 7.82. The van der Waals surface area contributed by atoms with Gasteiger partial charge in [-0.25, -0.2) is 8.78 Å². The maximum atomic E-state index is 14.3. The second-order valence-corrected chi connectivity index (χ2v) is 7.02. The quantitative estimate of drug-likeness (QED) is 0.655. The zero-order chi connectivity index (χ0) is 15.7. The van der Waals surface area contributed by atoms with E-state index < -0.39 is 11.6 Å². The Morgan fingerprint density at radius 3 is 2.68 bits per heavy atom. The number of rotatable bonds is 3. The SMILES string of the molecule is CCC[C@@H](C)C1c2ccccc2SCc2c1ccc(F)c2F. The van der Waals surface area contributed by atoms with Gasteiger partial charge in [-0.2, -0.15) is 0 Å². The van der Waals surface area contributed by atoms with E-state index in [1.165, 1.54) is 16.5 Å². The minimum atomic E-state index is -0.743. The average Bonchev–Trinajstić information content (AvgIpc) is 2.68. The largest absolute Gasteiger partial charge is 0.204 e. The van der Waals surface area contributed by atoms with Gasteiger partial charge in [-0.15, -0.1) is 11.8 Å². The van der Waals surface area contributed by atoms with Gasteiger partial charge >= 0.3 is 0 Å². The molecule has 0 saturated heterocycles. The monoisotopic (exact) mass is 318 g/mol. The summed E-state index contributed by atoms with van der Waals surface area (Å²) in [6.45, 7) is 4.38. The van der Waals surface area contributed by atoms with E-state index in [1.807, 2.05) is 12.1 Å². The zero-order valence-corrected chi connectivity index (χ0v) is 13.7. The van der Waals surface area contributed by atoms with Crippen LogP contribution >= 0.6 is 11.8 Å². The van der Waals surface area contributed by atoms with Crippen molar-refractivity contribution in [1.82, 2.24) is 0 Å². The Hall–Kier alpha value is -1.35. The number of hydrogen-bond acceptors (Lipinski definition) is 1. The Bertz CT molecular complexity index is 681. The molecule has 2 atom stereocenters. The van der Waals surface area contributed by atoms with Crippen molar-refractivity contribution < 1.29 is 8.78 Å². The predicted octanol–water partition coefficient (Wildman–Crippen LogP) is 6.14. The van der Waals surface area contributed by atoms with Gasteiger partial charge in [-0.05, 0) is 29.2 Å². The Kier molecular flexibility index (Phi) is 4.53. The van der Waals surface area contributed by atoms with Crippen molar-refractivity contribution in [2.24, 2.45) is 5.92 Å². The van der Waals surface area contributed by atoms with Gasteiger partial charge in [0, 0.05) is 22.1 Å². The minimum absolute atomic E-state index is 0.135. The van der Waals surface area contributed by atoms with Crippen LogP contribution in [0.25, 0.3) is 0 Å². The summed E-state index contributed by atoms with van der Waals surface area (Å²) < 4.78 is 28.0. The molecule has 1 heterocycles. The Morgan fingerprint density at radius 2 is 1.91 bits per heavy atom. The van der Waals surface area contributed by atoms with E-state index >= 15 is 0 Å². The van der Waals surface area contributed by atoms with E-state index in [-0.39, 0.29) is 5.92 Å². The minimum Gasteiger partial charge on any atom is -0.204 e. The normalized spacial score (nSPS) is 18.3. The van der Waals surface area contributed by atoms with Gasteiger partial charge in [0.2, 0.25) is 0 Å². The molecule has 0 aliphatic carbocycles. The lowest BCUT2D eigenvalue weighted by molar-refractivity contribution is 0.455. The summed E-state index contributed by atoms with van der Waals surface area (Å²) in [5.74, 6) is -0.394. The summed E-state index contributed by atoms with van der Waals surface area (Å²) in [6.07, 6.45) is 2.16. The molecule has 22 heavy (non-hydrogen) atoms. The van der Waals surface area contributed by atoms with Crippen molar-refractivity contribution in [3.63, 3.8) is 0 Å². The van der Waals surface area contributed by atoms with Gasteiger partial charge in [0.1, 0.15) is 0 Å². The molecular weight excluding hydrogens is 298 g/mol. The molecule has 3 heteroatoms. The second kappa shape index (κ2) is 6.41. The van der Waals surface area contributed by atoms with Crippen LogP contribution in [0.4, 0.5) is 8.78 Å². The molecule has 0 amide bonds. The maximum absolute atomic E-state index is 14.3. The van der Waals surface area contributed by atoms with E-state index in [0.29, 0.717) is 17.2 Å². The first kappa shape index (κ1) is 15.5. The first-order valence-corrected chi connectivity index (χ1v) is 8.80. The van der Waals surface area contributed by atoms with E-state index in [9.17, 15) is 8.78 Å². The van der Waals surface area contributed by atoms with Crippen LogP contribution in [0.15, 0.2) is 41.3 Å². The van der Waals surface area contributed by atoms with Crippen LogP contribution in [0.2, 0.25) is 0 Å². The standard InChI is InChI=1S/C19H20F2S/c1-3-6-12(2)18-13-9-10-16(20)19(21)15(13)11-22-17-8-5-4-7-14(17)18/h4-5,7-10,12,18H,3,6,11H2,1-2H3/t12-,18?/m1/s1. The third-order valence-electron chi connectivity index (χ3n) is 4.51. The van der Waals surface area contributed by atoms with Gasteiger partial charge in [-0.3, -0.25) is 0 Å². The topological polar surface area (TPSA) is 0 Å². The molecule has 0 radical (unpaired) electrons. The molecule has 116 valence electrons. The first-order chi connectivity index (χ1) is 10.6.